The Morgan fingerprint density at radius 1 is 1.40 bits per heavy atom. The number of hydrogen-bond acceptors (Lipinski definition) is 3. The summed E-state index contributed by atoms with van der Waals surface area (Å²) in [5.74, 6) is 0.433. The predicted octanol–water partition coefficient (Wildman–Crippen LogP) is 2.86. The SMILES string of the molecule is CC(CCl)N(C(=O)O)c1cccc(OC(=O)N(C)C)c1. The average molecular weight is 301 g/mol. The highest BCUT2D eigenvalue weighted by atomic mass is 35.5. The first-order valence-electron chi connectivity index (χ1n) is 5.94. The van der Waals surface area contributed by atoms with E-state index in [2.05, 4.69) is 0 Å². The number of carbonyl (C=O) groups excluding carboxylic acids is 1. The second-order valence-electron chi connectivity index (χ2n) is 4.42. The molecule has 1 N–H and O–H groups in total. The first-order chi connectivity index (χ1) is 9.36. The minimum atomic E-state index is -1.12. The van der Waals surface area contributed by atoms with E-state index >= 15 is 0 Å². The Labute approximate surface area is 122 Å². The fourth-order valence-corrected chi connectivity index (χ4v) is 1.65. The zero-order chi connectivity index (χ0) is 15.3. The standard InChI is InChI=1S/C13H17ClN2O4/c1-9(8-14)16(12(17)18)10-5-4-6-11(7-10)20-13(19)15(2)3/h4-7,9H,8H2,1-3H3,(H,17,18). The highest BCUT2D eigenvalue weighted by Crippen LogP contribution is 2.24. The lowest BCUT2D eigenvalue weighted by atomic mass is 10.2. The number of benzene rings is 1. The second-order valence-corrected chi connectivity index (χ2v) is 4.72. The van der Waals surface area contributed by atoms with Crippen LogP contribution in [0.25, 0.3) is 0 Å². The third kappa shape index (κ3) is 4.03. The number of carbonyl (C=O) groups is 2. The number of anilines is 1. The quantitative estimate of drug-likeness (QED) is 0.868. The number of rotatable bonds is 4. The average Bonchev–Trinajstić information content (AvgIpc) is 2.38. The van der Waals surface area contributed by atoms with Gasteiger partial charge in [-0.2, -0.15) is 0 Å². The molecule has 0 aromatic heterocycles. The molecule has 0 saturated heterocycles. The first kappa shape index (κ1) is 16.1. The van der Waals surface area contributed by atoms with E-state index < -0.39 is 18.2 Å². The van der Waals surface area contributed by atoms with Gasteiger partial charge in [-0.05, 0) is 19.1 Å². The molecule has 110 valence electrons. The molecule has 0 radical (unpaired) electrons. The fourth-order valence-electron chi connectivity index (χ4n) is 1.51. The monoisotopic (exact) mass is 300 g/mol. The third-order valence-electron chi connectivity index (χ3n) is 2.54. The summed E-state index contributed by atoms with van der Waals surface area (Å²) in [6, 6.07) is 5.90. The van der Waals surface area contributed by atoms with Crippen molar-refractivity contribution in [3.05, 3.63) is 24.3 Å². The van der Waals surface area contributed by atoms with Gasteiger partial charge in [0.25, 0.3) is 0 Å². The summed E-state index contributed by atoms with van der Waals surface area (Å²) >= 11 is 5.71. The zero-order valence-corrected chi connectivity index (χ0v) is 12.3. The van der Waals surface area contributed by atoms with E-state index in [0.717, 1.165) is 4.90 Å². The van der Waals surface area contributed by atoms with Crippen molar-refractivity contribution in [2.45, 2.75) is 13.0 Å². The Kier molecular flexibility index (Phi) is 5.64. The van der Waals surface area contributed by atoms with Crippen molar-refractivity contribution in [2.75, 3.05) is 24.9 Å². The first-order valence-corrected chi connectivity index (χ1v) is 6.47. The van der Waals surface area contributed by atoms with Gasteiger partial charge < -0.3 is 14.7 Å². The summed E-state index contributed by atoms with van der Waals surface area (Å²) in [6.45, 7) is 1.69. The van der Waals surface area contributed by atoms with E-state index in [1.54, 1.807) is 39.2 Å². The van der Waals surface area contributed by atoms with Gasteiger partial charge in [0.2, 0.25) is 0 Å². The lowest BCUT2D eigenvalue weighted by Crippen LogP contribution is -2.38. The number of hydrogen-bond donors (Lipinski definition) is 1. The van der Waals surface area contributed by atoms with Crippen molar-refractivity contribution < 1.29 is 19.4 Å². The molecule has 7 heteroatoms. The summed E-state index contributed by atoms with van der Waals surface area (Å²) in [5, 5.41) is 9.24. The molecule has 2 amide bonds. The molecule has 0 bridgehead atoms. The van der Waals surface area contributed by atoms with E-state index in [0.29, 0.717) is 5.69 Å². The highest BCUT2D eigenvalue weighted by molar-refractivity contribution is 6.18. The van der Waals surface area contributed by atoms with Crippen molar-refractivity contribution >= 4 is 29.5 Å². The van der Waals surface area contributed by atoms with Gasteiger partial charge in [-0.15, -0.1) is 11.6 Å². The molecule has 0 saturated carbocycles. The minimum absolute atomic E-state index is 0.161. The van der Waals surface area contributed by atoms with Gasteiger partial charge in [0, 0.05) is 26.0 Å². The number of nitrogens with zero attached hydrogens (tertiary/aromatic N) is 2. The molecule has 1 rings (SSSR count). The second kappa shape index (κ2) is 7.00. The van der Waals surface area contributed by atoms with Crippen LogP contribution in [0.5, 0.6) is 5.75 Å². The molecule has 0 aliphatic rings. The van der Waals surface area contributed by atoms with Crippen LogP contribution in [0, 0.1) is 0 Å². The molecule has 1 unspecified atom stereocenters. The van der Waals surface area contributed by atoms with Gasteiger partial charge in [-0.25, -0.2) is 9.59 Å². The van der Waals surface area contributed by atoms with Crippen molar-refractivity contribution in [3.63, 3.8) is 0 Å². The van der Waals surface area contributed by atoms with E-state index in [4.69, 9.17) is 16.3 Å². The molecular weight excluding hydrogens is 284 g/mol. The van der Waals surface area contributed by atoms with Crippen LogP contribution in [0.4, 0.5) is 15.3 Å². The Hall–Kier alpha value is -1.95. The summed E-state index contributed by atoms with van der Waals surface area (Å²) in [4.78, 5) is 25.2. The van der Waals surface area contributed by atoms with Crippen molar-refractivity contribution in [1.82, 2.24) is 4.90 Å². The smallest absolute Gasteiger partial charge is 0.414 e. The molecule has 0 aliphatic heterocycles. The molecule has 6 nitrogen and oxygen atoms in total. The number of amides is 2. The zero-order valence-electron chi connectivity index (χ0n) is 11.5. The van der Waals surface area contributed by atoms with Crippen LogP contribution in [0.2, 0.25) is 0 Å². The third-order valence-corrected chi connectivity index (χ3v) is 2.98. The van der Waals surface area contributed by atoms with Crippen LogP contribution < -0.4 is 9.64 Å². The largest absolute Gasteiger partial charge is 0.465 e. The molecule has 20 heavy (non-hydrogen) atoms. The van der Waals surface area contributed by atoms with Crippen molar-refractivity contribution in [2.24, 2.45) is 0 Å². The van der Waals surface area contributed by atoms with Gasteiger partial charge in [-0.3, -0.25) is 4.90 Å². The minimum Gasteiger partial charge on any atom is -0.465 e. The molecule has 0 aliphatic carbocycles. The van der Waals surface area contributed by atoms with E-state index in [-0.39, 0.29) is 11.6 Å². The van der Waals surface area contributed by atoms with E-state index in [1.807, 2.05) is 0 Å². The van der Waals surface area contributed by atoms with Crippen LogP contribution in [-0.4, -0.2) is 48.2 Å². The Morgan fingerprint density at radius 2 is 2.05 bits per heavy atom. The summed E-state index contributed by atoms with van der Waals surface area (Å²) in [7, 11) is 3.12. The Morgan fingerprint density at radius 3 is 2.55 bits per heavy atom. The van der Waals surface area contributed by atoms with Gasteiger partial charge >= 0.3 is 12.2 Å². The molecule has 0 spiro atoms. The van der Waals surface area contributed by atoms with Crippen LogP contribution >= 0.6 is 11.6 Å². The van der Waals surface area contributed by atoms with Gasteiger partial charge in [0.05, 0.1) is 11.7 Å². The van der Waals surface area contributed by atoms with Gasteiger partial charge in [-0.1, -0.05) is 6.07 Å². The normalized spacial score (nSPS) is 11.6. The van der Waals surface area contributed by atoms with Crippen LogP contribution in [-0.2, 0) is 0 Å². The van der Waals surface area contributed by atoms with Gasteiger partial charge in [0.1, 0.15) is 5.75 Å². The lowest BCUT2D eigenvalue weighted by molar-refractivity contribution is 0.172. The lowest BCUT2D eigenvalue weighted by Gasteiger charge is -2.25. The number of ether oxygens (including phenoxy) is 1. The summed E-state index contributed by atoms with van der Waals surface area (Å²) in [6.07, 6.45) is -1.65. The van der Waals surface area contributed by atoms with Gasteiger partial charge in [0.15, 0.2) is 0 Å². The summed E-state index contributed by atoms with van der Waals surface area (Å²) < 4.78 is 5.09. The molecule has 1 atom stereocenters. The maximum absolute atomic E-state index is 11.5. The number of halogens is 1. The maximum atomic E-state index is 11.5. The fraction of sp³-hybridized carbons (Fsp3) is 0.385. The number of alkyl halides is 1. The van der Waals surface area contributed by atoms with E-state index in [1.165, 1.54) is 11.0 Å². The number of carboxylic acid groups (broad SMARTS) is 1. The molecule has 0 fully saturated rings. The highest BCUT2D eigenvalue weighted by Gasteiger charge is 2.21. The molecular formula is C13H17ClN2O4. The molecule has 0 heterocycles. The Bertz CT molecular complexity index is 493. The van der Waals surface area contributed by atoms with Crippen LogP contribution in [0.1, 0.15) is 6.92 Å². The predicted molar refractivity (Wildman–Crippen MR) is 76.8 cm³/mol. The maximum Gasteiger partial charge on any atom is 0.414 e. The molecule has 1 aromatic carbocycles. The molecule has 1 aromatic rings. The Balaban J connectivity index is 3.01. The van der Waals surface area contributed by atoms with Crippen molar-refractivity contribution in [1.29, 1.82) is 0 Å². The van der Waals surface area contributed by atoms with Crippen LogP contribution in [0.3, 0.4) is 0 Å². The van der Waals surface area contributed by atoms with Crippen molar-refractivity contribution in [3.8, 4) is 5.75 Å². The summed E-state index contributed by atoms with van der Waals surface area (Å²) in [5.41, 5.74) is 0.398. The topological polar surface area (TPSA) is 70.1 Å². The van der Waals surface area contributed by atoms with Crippen LogP contribution in [0.15, 0.2) is 24.3 Å². The van der Waals surface area contributed by atoms with E-state index in [9.17, 15) is 14.7 Å².